The number of methoxy groups -OCH3 is 1. The third-order valence-corrected chi connectivity index (χ3v) is 6.44. The van der Waals surface area contributed by atoms with E-state index in [2.05, 4.69) is 5.32 Å². The van der Waals surface area contributed by atoms with Crippen LogP contribution in [0.1, 0.15) is 10.4 Å². The lowest BCUT2D eigenvalue weighted by molar-refractivity contribution is 0.102. The van der Waals surface area contributed by atoms with Gasteiger partial charge >= 0.3 is 0 Å². The van der Waals surface area contributed by atoms with Gasteiger partial charge in [0.2, 0.25) is 0 Å². The predicted molar refractivity (Wildman–Crippen MR) is 114 cm³/mol. The molecule has 0 aromatic heterocycles. The minimum atomic E-state index is -3.88. The van der Waals surface area contributed by atoms with Gasteiger partial charge in [0.1, 0.15) is 5.75 Å². The van der Waals surface area contributed by atoms with Crippen LogP contribution in [0, 0.1) is 0 Å². The smallest absolute Gasteiger partial charge is 0.264 e. The Morgan fingerprint density at radius 2 is 1.59 bits per heavy atom. The number of rotatable bonds is 6. The summed E-state index contributed by atoms with van der Waals surface area (Å²) in [5.41, 5.74) is 0.884. The van der Waals surface area contributed by atoms with Crippen molar-refractivity contribution in [2.75, 3.05) is 23.8 Å². The standard InChI is InChI=1S/C21H19ClN2O4S/c1-24(29(26,27)16-13-11-15(28-2)12-14-16)20-10-6-3-7-17(20)21(25)23-19-9-5-4-8-18(19)22/h3-14H,1-2H3,(H,23,25). The molecule has 0 atom stereocenters. The van der Waals surface area contributed by atoms with Gasteiger partial charge < -0.3 is 10.1 Å². The molecule has 1 N–H and O–H groups in total. The molecule has 0 aliphatic heterocycles. The Hall–Kier alpha value is -3.03. The Labute approximate surface area is 174 Å². The average Bonchev–Trinajstić information content (AvgIpc) is 2.74. The van der Waals surface area contributed by atoms with Crippen molar-refractivity contribution in [1.82, 2.24) is 0 Å². The van der Waals surface area contributed by atoms with Gasteiger partial charge in [-0.25, -0.2) is 8.42 Å². The molecular weight excluding hydrogens is 412 g/mol. The molecule has 8 heteroatoms. The topological polar surface area (TPSA) is 75.7 Å². The van der Waals surface area contributed by atoms with Crippen LogP contribution in [0.2, 0.25) is 5.02 Å². The van der Waals surface area contributed by atoms with Crippen LogP contribution in [0.15, 0.2) is 77.7 Å². The molecule has 0 aliphatic rings. The average molecular weight is 431 g/mol. The Kier molecular flexibility index (Phi) is 6.10. The van der Waals surface area contributed by atoms with Crippen LogP contribution in [0.5, 0.6) is 5.75 Å². The number of nitrogens with zero attached hydrogens (tertiary/aromatic N) is 1. The number of benzene rings is 3. The van der Waals surface area contributed by atoms with Crippen LogP contribution in [-0.2, 0) is 10.0 Å². The molecule has 0 spiro atoms. The van der Waals surface area contributed by atoms with Gasteiger partial charge in [-0.1, -0.05) is 35.9 Å². The summed E-state index contributed by atoms with van der Waals surface area (Å²) in [6.07, 6.45) is 0. The first-order valence-corrected chi connectivity index (χ1v) is 10.4. The van der Waals surface area contributed by atoms with Crippen molar-refractivity contribution >= 4 is 38.9 Å². The molecule has 0 saturated heterocycles. The van der Waals surface area contributed by atoms with E-state index in [1.807, 2.05) is 0 Å². The maximum absolute atomic E-state index is 13.1. The van der Waals surface area contributed by atoms with E-state index in [4.69, 9.17) is 16.3 Å². The second-order valence-corrected chi connectivity index (χ2v) is 8.48. The first-order chi connectivity index (χ1) is 13.8. The number of amides is 1. The number of hydrogen-bond donors (Lipinski definition) is 1. The lowest BCUT2D eigenvalue weighted by atomic mass is 10.1. The van der Waals surface area contributed by atoms with Crippen LogP contribution in [0.3, 0.4) is 0 Å². The van der Waals surface area contributed by atoms with Gasteiger partial charge in [0.15, 0.2) is 0 Å². The van der Waals surface area contributed by atoms with E-state index < -0.39 is 15.9 Å². The summed E-state index contributed by atoms with van der Waals surface area (Å²) in [5, 5.41) is 3.11. The molecule has 0 fully saturated rings. The van der Waals surface area contributed by atoms with E-state index in [1.165, 1.54) is 26.3 Å². The van der Waals surface area contributed by atoms with Gasteiger partial charge in [-0.05, 0) is 48.5 Å². The van der Waals surface area contributed by atoms with Crippen molar-refractivity contribution < 1.29 is 17.9 Å². The summed E-state index contributed by atoms with van der Waals surface area (Å²) in [6, 6.07) is 19.3. The third kappa shape index (κ3) is 4.36. The molecule has 0 heterocycles. The number of para-hydroxylation sites is 2. The first kappa shape index (κ1) is 20.7. The van der Waals surface area contributed by atoms with E-state index in [-0.39, 0.29) is 16.1 Å². The Bertz CT molecular complexity index is 1130. The summed E-state index contributed by atoms with van der Waals surface area (Å²) in [4.78, 5) is 12.9. The minimum absolute atomic E-state index is 0.0853. The highest BCUT2D eigenvalue weighted by Gasteiger charge is 2.25. The van der Waals surface area contributed by atoms with Crippen molar-refractivity contribution in [3.8, 4) is 5.75 Å². The fourth-order valence-corrected chi connectivity index (χ4v) is 4.13. The molecule has 0 aliphatic carbocycles. The zero-order chi connectivity index (χ0) is 21.0. The monoisotopic (exact) mass is 430 g/mol. The van der Waals surface area contributed by atoms with Gasteiger partial charge in [0.05, 0.1) is 34.0 Å². The molecule has 1 amide bonds. The fourth-order valence-electron chi connectivity index (χ4n) is 2.73. The number of ether oxygens (including phenoxy) is 1. The highest BCUT2D eigenvalue weighted by atomic mass is 35.5. The summed E-state index contributed by atoms with van der Waals surface area (Å²) in [5.74, 6) is 0.0802. The molecule has 3 aromatic rings. The van der Waals surface area contributed by atoms with Gasteiger partial charge in [-0.3, -0.25) is 9.10 Å². The second-order valence-electron chi connectivity index (χ2n) is 6.10. The molecule has 0 unspecified atom stereocenters. The van der Waals surface area contributed by atoms with E-state index >= 15 is 0 Å². The van der Waals surface area contributed by atoms with Crippen LogP contribution < -0.4 is 14.4 Å². The lowest BCUT2D eigenvalue weighted by Crippen LogP contribution is -2.29. The molecule has 6 nitrogen and oxygen atoms in total. The molecular formula is C21H19ClN2O4S. The summed E-state index contributed by atoms with van der Waals surface area (Å²) in [7, 11) is -0.975. The quantitative estimate of drug-likeness (QED) is 0.627. The maximum atomic E-state index is 13.1. The minimum Gasteiger partial charge on any atom is -0.497 e. The van der Waals surface area contributed by atoms with Crippen LogP contribution in [-0.4, -0.2) is 28.5 Å². The highest BCUT2D eigenvalue weighted by molar-refractivity contribution is 7.92. The Balaban J connectivity index is 1.94. The van der Waals surface area contributed by atoms with Gasteiger partial charge in [0, 0.05) is 7.05 Å². The van der Waals surface area contributed by atoms with Crippen LogP contribution >= 0.6 is 11.6 Å². The second kappa shape index (κ2) is 8.55. The normalized spacial score (nSPS) is 11.0. The summed E-state index contributed by atoms with van der Waals surface area (Å²) in [6.45, 7) is 0. The number of nitrogens with one attached hydrogen (secondary N) is 1. The predicted octanol–water partition coefficient (Wildman–Crippen LogP) is 4.43. The van der Waals surface area contributed by atoms with Crippen molar-refractivity contribution in [3.05, 3.63) is 83.4 Å². The van der Waals surface area contributed by atoms with Crippen LogP contribution in [0.25, 0.3) is 0 Å². The number of hydrogen-bond acceptors (Lipinski definition) is 4. The molecule has 150 valence electrons. The zero-order valence-corrected chi connectivity index (χ0v) is 17.4. The largest absolute Gasteiger partial charge is 0.497 e. The van der Waals surface area contributed by atoms with Crippen molar-refractivity contribution in [2.45, 2.75) is 4.90 Å². The van der Waals surface area contributed by atoms with E-state index in [0.717, 1.165) is 4.31 Å². The van der Waals surface area contributed by atoms with Crippen LogP contribution in [0.4, 0.5) is 11.4 Å². The first-order valence-electron chi connectivity index (χ1n) is 8.62. The Morgan fingerprint density at radius 3 is 2.24 bits per heavy atom. The number of anilines is 2. The van der Waals surface area contributed by atoms with E-state index in [1.54, 1.807) is 60.7 Å². The number of sulfonamides is 1. The number of halogens is 1. The Morgan fingerprint density at radius 1 is 0.966 bits per heavy atom. The molecule has 3 aromatic carbocycles. The number of carbonyl (C=O) groups is 1. The molecule has 0 saturated carbocycles. The van der Waals surface area contributed by atoms with Crippen molar-refractivity contribution in [3.63, 3.8) is 0 Å². The van der Waals surface area contributed by atoms with E-state index in [9.17, 15) is 13.2 Å². The molecule has 3 rings (SSSR count). The number of carbonyl (C=O) groups excluding carboxylic acids is 1. The molecule has 0 radical (unpaired) electrons. The molecule has 29 heavy (non-hydrogen) atoms. The lowest BCUT2D eigenvalue weighted by Gasteiger charge is -2.22. The summed E-state index contributed by atoms with van der Waals surface area (Å²) >= 11 is 6.10. The van der Waals surface area contributed by atoms with Gasteiger partial charge in [0.25, 0.3) is 15.9 Å². The van der Waals surface area contributed by atoms with E-state index in [0.29, 0.717) is 16.5 Å². The SMILES string of the molecule is COc1ccc(S(=O)(=O)N(C)c2ccccc2C(=O)Nc2ccccc2Cl)cc1. The van der Waals surface area contributed by atoms with Crippen molar-refractivity contribution in [1.29, 1.82) is 0 Å². The third-order valence-electron chi connectivity index (χ3n) is 4.33. The maximum Gasteiger partial charge on any atom is 0.264 e. The van der Waals surface area contributed by atoms with Gasteiger partial charge in [-0.2, -0.15) is 0 Å². The summed E-state index contributed by atoms with van der Waals surface area (Å²) < 4.78 is 32.3. The van der Waals surface area contributed by atoms with Crippen molar-refractivity contribution in [2.24, 2.45) is 0 Å². The molecule has 0 bridgehead atoms. The van der Waals surface area contributed by atoms with Gasteiger partial charge in [-0.15, -0.1) is 0 Å². The fraction of sp³-hybridized carbons (Fsp3) is 0.0952. The highest BCUT2D eigenvalue weighted by Crippen LogP contribution is 2.28. The zero-order valence-electron chi connectivity index (χ0n) is 15.8.